The lowest BCUT2D eigenvalue weighted by Crippen LogP contribution is -2.37. The smallest absolute Gasteiger partial charge is 0.405 e. The van der Waals surface area contributed by atoms with Crippen LogP contribution in [0.15, 0.2) is 29.3 Å². The molecule has 1 aromatic carbocycles. The molecule has 0 heterocycles. The molecule has 2 N–H and O–H groups in total. The van der Waals surface area contributed by atoms with Crippen LogP contribution in [0.25, 0.3) is 0 Å². The first-order valence-corrected chi connectivity index (χ1v) is 8.62. The van der Waals surface area contributed by atoms with Crippen molar-refractivity contribution in [2.45, 2.75) is 25.7 Å². The highest BCUT2D eigenvalue weighted by molar-refractivity contribution is 14.0. The zero-order chi connectivity index (χ0) is 17.1. The number of ether oxygens (including phenoxy) is 1. The monoisotopic (exact) mass is 477 g/mol. The minimum Gasteiger partial charge on any atom is -0.405 e. The first-order chi connectivity index (χ1) is 11.0. The molecule has 0 aliphatic rings. The number of hydrogen-bond acceptors (Lipinski definition) is 3. The minimum absolute atomic E-state index is 0. The number of benzene rings is 1. The zero-order valence-electron chi connectivity index (χ0n) is 13.7. The van der Waals surface area contributed by atoms with Crippen LogP contribution < -0.4 is 15.4 Å². The van der Waals surface area contributed by atoms with Crippen molar-refractivity contribution in [3.63, 3.8) is 0 Å². The highest BCUT2D eigenvalue weighted by Crippen LogP contribution is 2.25. The summed E-state index contributed by atoms with van der Waals surface area (Å²) in [4.78, 5) is 4.05. The van der Waals surface area contributed by atoms with Gasteiger partial charge in [-0.15, -0.1) is 37.1 Å². The van der Waals surface area contributed by atoms with E-state index in [9.17, 15) is 13.2 Å². The number of thioether (sulfide) groups is 1. The van der Waals surface area contributed by atoms with Gasteiger partial charge in [-0.1, -0.05) is 18.2 Å². The Hall–Kier alpha value is -0.840. The number of alkyl halides is 3. The molecule has 0 unspecified atom stereocenters. The summed E-state index contributed by atoms with van der Waals surface area (Å²) in [5.74, 6) is 1.45. The molecule has 0 atom stereocenters. The maximum absolute atomic E-state index is 12.4. The van der Waals surface area contributed by atoms with Gasteiger partial charge in [-0.25, -0.2) is 0 Å². The van der Waals surface area contributed by atoms with Gasteiger partial charge < -0.3 is 15.4 Å². The maximum atomic E-state index is 12.4. The average Bonchev–Trinajstić information content (AvgIpc) is 2.50. The van der Waals surface area contributed by atoms with Crippen molar-refractivity contribution < 1.29 is 17.9 Å². The van der Waals surface area contributed by atoms with Crippen LogP contribution in [-0.4, -0.2) is 37.9 Å². The Morgan fingerprint density at radius 2 is 1.92 bits per heavy atom. The Morgan fingerprint density at radius 3 is 2.54 bits per heavy atom. The van der Waals surface area contributed by atoms with Gasteiger partial charge in [-0.05, 0) is 30.9 Å². The predicted molar refractivity (Wildman–Crippen MR) is 104 cm³/mol. The average molecular weight is 477 g/mol. The number of guanidine groups is 1. The van der Waals surface area contributed by atoms with Crippen molar-refractivity contribution in [3.8, 4) is 5.75 Å². The van der Waals surface area contributed by atoms with Crippen LogP contribution in [0, 0.1) is 0 Å². The highest BCUT2D eigenvalue weighted by atomic mass is 127. The van der Waals surface area contributed by atoms with Crippen LogP contribution in [0.1, 0.15) is 18.4 Å². The van der Waals surface area contributed by atoms with Crippen LogP contribution in [0.4, 0.5) is 13.2 Å². The fourth-order valence-electron chi connectivity index (χ4n) is 1.85. The molecule has 0 aromatic heterocycles. The third-order valence-electron chi connectivity index (χ3n) is 2.94. The summed E-state index contributed by atoms with van der Waals surface area (Å²) in [7, 11) is 1.62. The van der Waals surface area contributed by atoms with E-state index in [-0.39, 0.29) is 36.3 Å². The lowest BCUT2D eigenvalue weighted by molar-refractivity contribution is -0.274. The lowest BCUT2D eigenvalue weighted by atomic mass is 10.2. The van der Waals surface area contributed by atoms with Gasteiger partial charge in [0.15, 0.2) is 5.96 Å². The quantitative estimate of drug-likeness (QED) is 0.257. The van der Waals surface area contributed by atoms with E-state index in [1.807, 2.05) is 0 Å². The Kier molecular flexibility index (Phi) is 12.1. The van der Waals surface area contributed by atoms with Gasteiger partial charge in [-0.3, -0.25) is 4.99 Å². The zero-order valence-corrected chi connectivity index (χ0v) is 16.8. The number of rotatable bonds is 8. The van der Waals surface area contributed by atoms with E-state index in [2.05, 4.69) is 26.6 Å². The summed E-state index contributed by atoms with van der Waals surface area (Å²) in [6.45, 7) is 0.956. The summed E-state index contributed by atoms with van der Waals surface area (Å²) >= 11 is 1.80. The summed E-state index contributed by atoms with van der Waals surface area (Å²) in [5.41, 5.74) is 0.412. The summed E-state index contributed by atoms with van der Waals surface area (Å²) in [6.07, 6.45) is -0.523. The highest BCUT2D eigenvalue weighted by Gasteiger charge is 2.31. The molecule has 0 spiro atoms. The molecule has 0 aliphatic carbocycles. The van der Waals surface area contributed by atoms with Crippen LogP contribution in [-0.2, 0) is 6.54 Å². The van der Waals surface area contributed by atoms with Gasteiger partial charge in [0, 0.05) is 25.7 Å². The van der Waals surface area contributed by atoms with Crippen molar-refractivity contribution in [2.75, 3.05) is 25.6 Å². The second-order valence-electron chi connectivity index (χ2n) is 4.71. The van der Waals surface area contributed by atoms with Crippen LogP contribution >= 0.6 is 35.7 Å². The molecule has 0 fully saturated rings. The minimum atomic E-state index is -4.70. The standard InChI is InChI=1S/C15H22F3N3OS.HI/c1-19-14(20-9-5-6-10-23-2)21-11-12-7-3-4-8-13(12)22-15(16,17)18;/h3-4,7-8H,5-6,9-11H2,1-2H3,(H2,19,20,21);1H. The molecule has 138 valence electrons. The first-order valence-electron chi connectivity index (χ1n) is 7.23. The van der Waals surface area contributed by atoms with E-state index in [4.69, 9.17) is 0 Å². The number of para-hydroxylation sites is 1. The number of unbranched alkanes of at least 4 members (excludes halogenated alkanes) is 1. The molecule has 0 aliphatic heterocycles. The topological polar surface area (TPSA) is 45.7 Å². The van der Waals surface area contributed by atoms with E-state index in [0.29, 0.717) is 11.5 Å². The SMILES string of the molecule is CN=C(NCCCCSC)NCc1ccccc1OC(F)(F)F.I. The summed E-state index contributed by atoms with van der Waals surface area (Å²) < 4.78 is 41.1. The molecular formula is C15H23F3IN3OS. The summed E-state index contributed by atoms with van der Waals surface area (Å²) in [6, 6.07) is 6.05. The van der Waals surface area contributed by atoms with Crippen molar-refractivity contribution in [2.24, 2.45) is 4.99 Å². The van der Waals surface area contributed by atoms with Crippen molar-refractivity contribution in [1.29, 1.82) is 0 Å². The molecule has 1 rings (SSSR count). The first kappa shape index (κ1) is 23.2. The maximum Gasteiger partial charge on any atom is 0.573 e. The molecule has 0 amide bonds. The Labute approximate surface area is 162 Å². The van der Waals surface area contributed by atoms with Crippen LogP contribution in [0.2, 0.25) is 0 Å². The van der Waals surface area contributed by atoms with Gasteiger partial charge in [0.2, 0.25) is 0 Å². The van der Waals surface area contributed by atoms with Gasteiger partial charge in [0.05, 0.1) is 0 Å². The van der Waals surface area contributed by atoms with E-state index in [1.165, 1.54) is 12.1 Å². The number of aliphatic imine (C=N–C) groups is 1. The van der Waals surface area contributed by atoms with Crippen LogP contribution in [0.3, 0.4) is 0 Å². The Bertz CT molecular complexity index is 501. The number of nitrogens with zero attached hydrogens (tertiary/aromatic N) is 1. The molecule has 24 heavy (non-hydrogen) atoms. The molecule has 1 aromatic rings. The molecule has 0 bridgehead atoms. The molecule has 0 saturated carbocycles. The van der Waals surface area contributed by atoms with E-state index in [1.54, 1.807) is 30.9 Å². The van der Waals surface area contributed by atoms with Gasteiger partial charge in [0.1, 0.15) is 5.75 Å². The van der Waals surface area contributed by atoms with Crippen molar-refractivity contribution >= 4 is 41.7 Å². The van der Waals surface area contributed by atoms with Gasteiger partial charge >= 0.3 is 6.36 Å². The second-order valence-corrected chi connectivity index (χ2v) is 5.69. The molecular weight excluding hydrogens is 454 g/mol. The predicted octanol–water partition coefficient (Wildman–Crippen LogP) is 4.01. The third kappa shape index (κ3) is 10.1. The molecule has 0 radical (unpaired) electrons. The number of hydrogen-bond donors (Lipinski definition) is 2. The lowest BCUT2D eigenvalue weighted by Gasteiger charge is -2.15. The second kappa shape index (κ2) is 12.5. The Morgan fingerprint density at radius 1 is 1.21 bits per heavy atom. The van der Waals surface area contributed by atoms with E-state index in [0.717, 1.165) is 25.1 Å². The molecule has 4 nitrogen and oxygen atoms in total. The summed E-state index contributed by atoms with van der Waals surface area (Å²) in [5, 5.41) is 6.12. The van der Waals surface area contributed by atoms with E-state index < -0.39 is 6.36 Å². The fraction of sp³-hybridized carbons (Fsp3) is 0.533. The fourth-order valence-corrected chi connectivity index (χ4v) is 2.34. The van der Waals surface area contributed by atoms with Crippen LogP contribution in [0.5, 0.6) is 5.75 Å². The number of halogens is 4. The van der Waals surface area contributed by atoms with Gasteiger partial charge in [0.25, 0.3) is 0 Å². The molecule has 9 heteroatoms. The van der Waals surface area contributed by atoms with Gasteiger partial charge in [-0.2, -0.15) is 11.8 Å². The number of nitrogens with one attached hydrogen (secondary N) is 2. The largest absolute Gasteiger partial charge is 0.573 e. The van der Waals surface area contributed by atoms with E-state index >= 15 is 0 Å². The molecule has 0 saturated heterocycles. The third-order valence-corrected chi connectivity index (χ3v) is 3.63. The normalized spacial score (nSPS) is 11.6. The Balaban J connectivity index is 0.00000529. The van der Waals surface area contributed by atoms with Crippen molar-refractivity contribution in [3.05, 3.63) is 29.8 Å². The van der Waals surface area contributed by atoms with Crippen molar-refractivity contribution in [1.82, 2.24) is 10.6 Å².